The maximum atomic E-state index is 3.17. The molecule has 0 radical (unpaired) electrons. The second kappa shape index (κ2) is 4.33. The first-order chi connectivity index (χ1) is 5.72. The Bertz CT molecular complexity index is 296. The Morgan fingerprint density at radius 2 is 2.17 bits per heavy atom. The molecule has 1 heterocycles. The Morgan fingerprint density at radius 3 is 2.67 bits per heavy atom. The summed E-state index contributed by atoms with van der Waals surface area (Å²) in [7, 11) is 0. The van der Waals surface area contributed by atoms with Gasteiger partial charge in [0, 0.05) is 10.8 Å². The van der Waals surface area contributed by atoms with Crippen LogP contribution in [-0.4, -0.2) is 0 Å². The Morgan fingerprint density at radius 1 is 1.42 bits per heavy atom. The van der Waals surface area contributed by atoms with Crippen molar-refractivity contribution >= 4 is 11.3 Å². The topological polar surface area (TPSA) is 0 Å². The summed E-state index contributed by atoms with van der Waals surface area (Å²) in [5.41, 5.74) is 0. The van der Waals surface area contributed by atoms with Gasteiger partial charge >= 0.3 is 0 Å². The van der Waals surface area contributed by atoms with Gasteiger partial charge in [-0.15, -0.1) is 11.3 Å². The average Bonchev–Trinajstić information content (AvgIpc) is 2.48. The lowest BCUT2D eigenvalue weighted by atomic mass is 10.2. The molecule has 1 aromatic rings. The van der Waals surface area contributed by atoms with Crippen LogP contribution >= 0.6 is 11.3 Å². The zero-order valence-electron chi connectivity index (χ0n) is 7.85. The van der Waals surface area contributed by atoms with E-state index in [1.807, 2.05) is 0 Å². The minimum Gasteiger partial charge on any atom is -0.132 e. The van der Waals surface area contributed by atoms with Crippen molar-refractivity contribution in [2.45, 2.75) is 27.2 Å². The van der Waals surface area contributed by atoms with Crippen LogP contribution in [0.5, 0.6) is 0 Å². The van der Waals surface area contributed by atoms with Gasteiger partial charge in [0.1, 0.15) is 0 Å². The lowest BCUT2D eigenvalue weighted by molar-refractivity contribution is 0.867. The molecular formula is C11H14S. The van der Waals surface area contributed by atoms with Gasteiger partial charge in [0.05, 0.1) is 4.88 Å². The molecule has 0 aliphatic heterocycles. The summed E-state index contributed by atoms with van der Waals surface area (Å²) >= 11 is 1.80. The number of hydrogen-bond donors (Lipinski definition) is 0. The van der Waals surface area contributed by atoms with E-state index in [1.165, 1.54) is 9.75 Å². The zero-order chi connectivity index (χ0) is 8.97. The van der Waals surface area contributed by atoms with Crippen molar-refractivity contribution < 1.29 is 0 Å². The first-order valence-corrected chi connectivity index (χ1v) is 5.14. The van der Waals surface area contributed by atoms with Gasteiger partial charge in [-0.2, -0.15) is 0 Å². The summed E-state index contributed by atoms with van der Waals surface area (Å²) in [5, 5.41) is 0. The molecule has 0 N–H and O–H groups in total. The largest absolute Gasteiger partial charge is 0.132 e. The quantitative estimate of drug-likeness (QED) is 0.579. The van der Waals surface area contributed by atoms with Gasteiger partial charge in [0.2, 0.25) is 0 Å². The standard InChI is InChI=1S/C11H14S/c1-4-10-7-8-11(12-10)6-5-9(2)3/h7-9H,4H2,1-3H3. The fourth-order valence-electron chi connectivity index (χ4n) is 0.851. The molecule has 0 fully saturated rings. The Labute approximate surface area is 78.6 Å². The molecule has 0 unspecified atom stereocenters. The van der Waals surface area contributed by atoms with E-state index in [1.54, 1.807) is 11.3 Å². The van der Waals surface area contributed by atoms with Gasteiger partial charge in [-0.05, 0) is 18.6 Å². The lowest BCUT2D eigenvalue weighted by Crippen LogP contribution is -1.76. The molecule has 12 heavy (non-hydrogen) atoms. The molecule has 0 nitrogen and oxygen atoms in total. The second-order valence-electron chi connectivity index (χ2n) is 3.04. The van der Waals surface area contributed by atoms with Crippen molar-refractivity contribution in [3.05, 3.63) is 21.9 Å². The first-order valence-electron chi connectivity index (χ1n) is 4.32. The third kappa shape index (κ3) is 2.71. The molecule has 0 saturated heterocycles. The van der Waals surface area contributed by atoms with E-state index in [-0.39, 0.29) is 0 Å². The highest BCUT2D eigenvalue weighted by Gasteiger charge is 1.93. The molecular weight excluding hydrogens is 164 g/mol. The van der Waals surface area contributed by atoms with Crippen LogP contribution in [0.1, 0.15) is 30.5 Å². The summed E-state index contributed by atoms with van der Waals surface area (Å²) in [6.45, 7) is 6.40. The monoisotopic (exact) mass is 178 g/mol. The van der Waals surface area contributed by atoms with E-state index in [0.717, 1.165) is 6.42 Å². The second-order valence-corrected chi connectivity index (χ2v) is 4.21. The fraction of sp³-hybridized carbons (Fsp3) is 0.455. The Hall–Kier alpha value is -0.740. The number of aryl methyl sites for hydroxylation is 1. The van der Waals surface area contributed by atoms with Crippen LogP contribution in [0.15, 0.2) is 12.1 Å². The number of rotatable bonds is 1. The van der Waals surface area contributed by atoms with E-state index in [2.05, 4.69) is 44.7 Å². The molecule has 0 amide bonds. The molecule has 0 saturated carbocycles. The van der Waals surface area contributed by atoms with Crippen LogP contribution in [0.3, 0.4) is 0 Å². The molecule has 0 bridgehead atoms. The summed E-state index contributed by atoms with van der Waals surface area (Å²) < 4.78 is 0. The van der Waals surface area contributed by atoms with Crippen LogP contribution in [-0.2, 0) is 6.42 Å². The highest BCUT2D eigenvalue weighted by molar-refractivity contribution is 7.12. The van der Waals surface area contributed by atoms with E-state index < -0.39 is 0 Å². The van der Waals surface area contributed by atoms with E-state index in [4.69, 9.17) is 0 Å². The molecule has 1 heteroatoms. The number of thiophene rings is 1. The summed E-state index contributed by atoms with van der Waals surface area (Å²) in [6.07, 6.45) is 1.12. The summed E-state index contributed by atoms with van der Waals surface area (Å²) in [6, 6.07) is 4.27. The Kier molecular flexibility index (Phi) is 3.37. The minimum absolute atomic E-state index is 0.470. The predicted octanol–water partition coefficient (Wildman–Crippen LogP) is 3.32. The van der Waals surface area contributed by atoms with E-state index in [0.29, 0.717) is 5.92 Å². The minimum atomic E-state index is 0.470. The zero-order valence-corrected chi connectivity index (χ0v) is 8.66. The number of hydrogen-bond acceptors (Lipinski definition) is 1. The highest BCUT2D eigenvalue weighted by Crippen LogP contribution is 2.15. The SMILES string of the molecule is CCc1ccc(C#CC(C)C)s1. The van der Waals surface area contributed by atoms with Crippen molar-refractivity contribution in [3.8, 4) is 11.8 Å². The van der Waals surface area contributed by atoms with Crippen LogP contribution in [0, 0.1) is 17.8 Å². The van der Waals surface area contributed by atoms with Crippen LogP contribution in [0.4, 0.5) is 0 Å². The highest BCUT2D eigenvalue weighted by atomic mass is 32.1. The molecule has 1 rings (SSSR count). The van der Waals surface area contributed by atoms with Gasteiger partial charge in [-0.3, -0.25) is 0 Å². The maximum absolute atomic E-state index is 3.17. The van der Waals surface area contributed by atoms with Crippen LogP contribution in [0.25, 0.3) is 0 Å². The fourth-order valence-corrected chi connectivity index (χ4v) is 1.66. The third-order valence-corrected chi connectivity index (χ3v) is 2.64. The van der Waals surface area contributed by atoms with Crippen LogP contribution < -0.4 is 0 Å². The summed E-state index contributed by atoms with van der Waals surface area (Å²) in [4.78, 5) is 2.61. The first kappa shape index (κ1) is 9.35. The summed E-state index contributed by atoms with van der Waals surface area (Å²) in [5.74, 6) is 6.80. The van der Waals surface area contributed by atoms with Gasteiger partial charge in [-0.1, -0.05) is 32.6 Å². The Balaban J connectivity index is 2.72. The average molecular weight is 178 g/mol. The van der Waals surface area contributed by atoms with Crippen molar-refractivity contribution in [1.82, 2.24) is 0 Å². The van der Waals surface area contributed by atoms with Gasteiger partial charge in [0.15, 0.2) is 0 Å². The maximum Gasteiger partial charge on any atom is 0.0771 e. The van der Waals surface area contributed by atoms with E-state index >= 15 is 0 Å². The van der Waals surface area contributed by atoms with Gasteiger partial charge < -0.3 is 0 Å². The molecule has 0 aromatic carbocycles. The molecule has 1 aromatic heterocycles. The van der Waals surface area contributed by atoms with Gasteiger partial charge in [0.25, 0.3) is 0 Å². The molecule has 0 atom stereocenters. The van der Waals surface area contributed by atoms with Crippen molar-refractivity contribution in [3.63, 3.8) is 0 Å². The molecule has 0 spiro atoms. The molecule has 64 valence electrons. The third-order valence-electron chi connectivity index (χ3n) is 1.49. The van der Waals surface area contributed by atoms with E-state index in [9.17, 15) is 0 Å². The van der Waals surface area contributed by atoms with Crippen molar-refractivity contribution in [2.75, 3.05) is 0 Å². The van der Waals surface area contributed by atoms with Gasteiger partial charge in [-0.25, -0.2) is 0 Å². The normalized spacial score (nSPS) is 9.67. The van der Waals surface area contributed by atoms with Crippen molar-refractivity contribution in [1.29, 1.82) is 0 Å². The van der Waals surface area contributed by atoms with Crippen LogP contribution in [0.2, 0.25) is 0 Å². The lowest BCUT2D eigenvalue weighted by Gasteiger charge is -1.85. The van der Waals surface area contributed by atoms with Crippen molar-refractivity contribution in [2.24, 2.45) is 5.92 Å². The smallest absolute Gasteiger partial charge is 0.0771 e. The molecule has 0 aliphatic carbocycles. The molecule has 0 aliphatic rings. The predicted molar refractivity (Wildman–Crippen MR) is 55.4 cm³/mol.